The molecule has 0 bridgehead atoms. The Morgan fingerprint density at radius 2 is 2.32 bits per heavy atom. The number of hydrazone groups is 1. The fourth-order valence-corrected chi connectivity index (χ4v) is 2.06. The van der Waals surface area contributed by atoms with Gasteiger partial charge in [0.15, 0.2) is 0 Å². The Morgan fingerprint density at radius 1 is 1.55 bits per heavy atom. The fraction of sp³-hybridized carbons (Fsp3) is 0.0909. The molecule has 0 unspecified atom stereocenters. The monoisotopic (exact) mass is 322 g/mol. The van der Waals surface area contributed by atoms with E-state index in [0.29, 0.717) is 5.01 Å². The van der Waals surface area contributed by atoms with E-state index in [1.54, 1.807) is 0 Å². The van der Waals surface area contributed by atoms with Crippen LogP contribution in [-0.2, 0) is 11.2 Å². The van der Waals surface area contributed by atoms with Gasteiger partial charge in [-0.3, -0.25) is 14.9 Å². The molecular formula is C11H10N6O4S. The summed E-state index contributed by atoms with van der Waals surface area (Å²) in [6.07, 6.45) is 1.06. The number of nitrogens with one attached hydrogen (secondary N) is 1. The van der Waals surface area contributed by atoms with E-state index in [0.717, 1.165) is 29.7 Å². The van der Waals surface area contributed by atoms with Crippen molar-refractivity contribution in [3.63, 3.8) is 0 Å². The molecule has 0 atom stereocenters. The summed E-state index contributed by atoms with van der Waals surface area (Å²) in [5, 5.41) is 31.8. The van der Waals surface area contributed by atoms with Crippen molar-refractivity contribution in [2.24, 2.45) is 5.10 Å². The number of phenolic OH excluding ortho intramolecular Hbond substituents is 1. The van der Waals surface area contributed by atoms with Gasteiger partial charge in [-0.25, -0.2) is 5.43 Å². The smallest absolute Gasteiger partial charge is 0.270 e. The van der Waals surface area contributed by atoms with Crippen LogP contribution in [0.25, 0.3) is 0 Å². The Kier molecular flexibility index (Phi) is 4.58. The fourth-order valence-electron chi connectivity index (χ4n) is 1.45. The molecule has 2 rings (SSSR count). The minimum Gasteiger partial charge on any atom is -0.507 e. The van der Waals surface area contributed by atoms with E-state index in [2.05, 4.69) is 20.7 Å². The number of carbonyl (C=O) groups is 1. The summed E-state index contributed by atoms with van der Waals surface area (Å²) in [7, 11) is 0. The highest BCUT2D eigenvalue weighted by Gasteiger charge is 2.10. The summed E-state index contributed by atoms with van der Waals surface area (Å²) in [6, 6.07) is 3.47. The highest BCUT2D eigenvalue weighted by Crippen LogP contribution is 2.21. The molecule has 0 fully saturated rings. The van der Waals surface area contributed by atoms with Crippen molar-refractivity contribution in [3.05, 3.63) is 38.9 Å². The third-order valence-electron chi connectivity index (χ3n) is 2.41. The highest BCUT2D eigenvalue weighted by atomic mass is 32.1. The van der Waals surface area contributed by atoms with E-state index >= 15 is 0 Å². The maximum atomic E-state index is 11.6. The quantitative estimate of drug-likeness (QED) is 0.409. The molecule has 0 radical (unpaired) electrons. The van der Waals surface area contributed by atoms with Gasteiger partial charge in [0.1, 0.15) is 10.8 Å². The van der Waals surface area contributed by atoms with Crippen LogP contribution in [0.1, 0.15) is 10.6 Å². The molecule has 0 aliphatic heterocycles. The zero-order valence-corrected chi connectivity index (χ0v) is 11.8. The number of carbonyl (C=O) groups excluding carboxylic acids is 1. The molecule has 22 heavy (non-hydrogen) atoms. The third-order valence-corrected chi connectivity index (χ3v) is 3.16. The van der Waals surface area contributed by atoms with Crippen molar-refractivity contribution >= 4 is 34.3 Å². The number of hydrogen-bond donors (Lipinski definition) is 3. The van der Waals surface area contributed by atoms with Gasteiger partial charge in [-0.2, -0.15) is 5.10 Å². The SMILES string of the molecule is Nc1nnc(CC(=O)N/N=C/c2cc([N+](=O)[O-])ccc2O)s1. The zero-order valence-electron chi connectivity index (χ0n) is 11.0. The second-order valence-electron chi connectivity index (χ2n) is 4.00. The lowest BCUT2D eigenvalue weighted by Gasteiger charge is -1.99. The van der Waals surface area contributed by atoms with Gasteiger partial charge in [0.25, 0.3) is 5.69 Å². The predicted octanol–water partition coefficient (Wildman–Crippen LogP) is 0.427. The molecule has 114 valence electrons. The van der Waals surface area contributed by atoms with E-state index in [1.807, 2.05) is 0 Å². The molecule has 1 aromatic carbocycles. The molecule has 0 spiro atoms. The molecule has 10 nitrogen and oxygen atoms in total. The second-order valence-corrected chi connectivity index (χ2v) is 5.10. The van der Waals surface area contributed by atoms with Crippen LogP contribution >= 0.6 is 11.3 Å². The number of hydrogen-bond acceptors (Lipinski definition) is 9. The minimum atomic E-state index is -0.602. The summed E-state index contributed by atoms with van der Waals surface area (Å²) in [6.45, 7) is 0. The summed E-state index contributed by atoms with van der Waals surface area (Å²) >= 11 is 1.08. The van der Waals surface area contributed by atoms with Crippen molar-refractivity contribution in [2.75, 3.05) is 5.73 Å². The standard InChI is InChI=1S/C11H10N6O4S/c12-11-16-15-10(22-11)4-9(19)14-13-5-6-3-7(17(20)21)1-2-8(6)18/h1-3,5,18H,4H2,(H2,12,16)(H,14,19)/b13-5+. The lowest BCUT2D eigenvalue weighted by Crippen LogP contribution is -2.19. The Morgan fingerprint density at radius 3 is 2.95 bits per heavy atom. The van der Waals surface area contributed by atoms with Crippen LogP contribution in [0.5, 0.6) is 5.75 Å². The van der Waals surface area contributed by atoms with Gasteiger partial charge >= 0.3 is 0 Å². The highest BCUT2D eigenvalue weighted by molar-refractivity contribution is 7.15. The number of benzene rings is 1. The molecule has 1 heterocycles. The Bertz CT molecular complexity index is 744. The Labute approximate surface area is 127 Å². The van der Waals surface area contributed by atoms with Crippen LogP contribution in [0.4, 0.5) is 10.8 Å². The number of nitrogens with two attached hydrogens (primary N) is 1. The largest absolute Gasteiger partial charge is 0.507 e. The summed E-state index contributed by atoms with van der Waals surface area (Å²) in [5.41, 5.74) is 7.51. The van der Waals surface area contributed by atoms with E-state index in [1.165, 1.54) is 6.07 Å². The summed E-state index contributed by atoms with van der Waals surface area (Å²) in [4.78, 5) is 21.6. The topological polar surface area (TPSA) is 157 Å². The predicted molar refractivity (Wildman–Crippen MR) is 78.5 cm³/mol. The molecule has 11 heteroatoms. The first-order valence-electron chi connectivity index (χ1n) is 5.83. The number of non-ortho nitro benzene ring substituents is 1. The van der Waals surface area contributed by atoms with Crippen LogP contribution in [0.3, 0.4) is 0 Å². The molecule has 0 aliphatic carbocycles. The summed E-state index contributed by atoms with van der Waals surface area (Å²) < 4.78 is 0. The van der Waals surface area contributed by atoms with E-state index in [4.69, 9.17) is 5.73 Å². The maximum absolute atomic E-state index is 11.6. The maximum Gasteiger partial charge on any atom is 0.270 e. The molecule has 4 N–H and O–H groups in total. The lowest BCUT2D eigenvalue weighted by atomic mass is 10.2. The molecule has 0 aliphatic rings. The summed E-state index contributed by atoms with van der Waals surface area (Å²) in [5.74, 6) is -0.655. The average Bonchev–Trinajstić information content (AvgIpc) is 2.85. The van der Waals surface area contributed by atoms with Gasteiger partial charge < -0.3 is 10.8 Å². The number of phenols is 1. The van der Waals surface area contributed by atoms with Gasteiger partial charge in [0.2, 0.25) is 11.0 Å². The van der Waals surface area contributed by atoms with Crippen LogP contribution in [0.2, 0.25) is 0 Å². The first-order chi connectivity index (χ1) is 10.5. The minimum absolute atomic E-state index is 0.0485. The number of nitro benzene ring substituents is 1. The molecule has 2 aromatic rings. The first kappa shape index (κ1) is 15.3. The normalized spacial score (nSPS) is 10.7. The number of nitrogens with zero attached hydrogens (tertiary/aromatic N) is 4. The average molecular weight is 322 g/mol. The number of aromatic hydroxyl groups is 1. The number of nitro groups is 1. The lowest BCUT2D eigenvalue weighted by molar-refractivity contribution is -0.384. The number of rotatable bonds is 5. The first-order valence-corrected chi connectivity index (χ1v) is 6.64. The second kappa shape index (κ2) is 6.58. The van der Waals surface area contributed by atoms with Crippen molar-refractivity contribution in [1.29, 1.82) is 0 Å². The van der Waals surface area contributed by atoms with E-state index < -0.39 is 10.8 Å². The molecule has 1 amide bonds. The molecule has 1 aromatic heterocycles. The van der Waals surface area contributed by atoms with Crippen molar-refractivity contribution in [2.45, 2.75) is 6.42 Å². The Hall–Kier alpha value is -3.08. The third kappa shape index (κ3) is 3.96. The van der Waals surface area contributed by atoms with Crippen molar-refractivity contribution < 1.29 is 14.8 Å². The van der Waals surface area contributed by atoms with Gasteiger partial charge in [-0.1, -0.05) is 11.3 Å². The van der Waals surface area contributed by atoms with Gasteiger partial charge in [-0.05, 0) is 6.07 Å². The van der Waals surface area contributed by atoms with E-state index in [-0.39, 0.29) is 28.6 Å². The van der Waals surface area contributed by atoms with Gasteiger partial charge in [0, 0.05) is 17.7 Å². The number of anilines is 1. The van der Waals surface area contributed by atoms with Crippen LogP contribution in [-0.4, -0.2) is 32.3 Å². The van der Waals surface area contributed by atoms with Crippen LogP contribution in [0.15, 0.2) is 23.3 Å². The van der Waals surface area contributed by atoms with Gasteiger partial charge in [-0.15, -0.1) is 10.2 Å². The molecule has 0 saturated heterocycles. The Balaban J connectivity index is 1.98. The molecule has 0 saturated carbocycles. The number of aromatic nitrogens is 2. The van der Waals surface area contributed by atoms with Crippen molar-refractivity contribution in [1.82, 2.24) is 15.6 Å². The van der Waals surface area contributed by atoms with Crippen molar-refractivity contribution in [3.8, 4) is 5.75 Å². The zero-order chi connectivity index (χ0) is 16.1. The van der Waals surface area contributed by atoms with Gasteiger partial charge in [0.05, 0.1) is 17.6 Å². The number of amides is 1. The van der Waals surface area contributed by atoms with Crippen LogP contribution < -0.4 is 11.2 Å². The number of nitrogen functional groups attached to an aromatic ring is 1. The van der Waals surface area contributed by atoms with E-state index in [9.17, 15) is 20.0 Å². The van der Waals surface area contributed by atoms with Crippen LogP contribution in [0, 0.1) is 10.1 Å². The molecular weight excluding hydrogens is 312 g/mol.